The first-order valence-corrected chi connectivity index (χ1v) is 9.05. The molecule has 1 unspecified atom stereocenters. The number of hydrogen-bond acceptors (Lipinski definition) is 7. The average Bonchev–Trinajstić information content (AvgIpc) is 3.31. The molecule has 0 radical (unpaired) electrons. The predicted octanol–water partition coefficient (Wildman–Crippen LogP) is 3.41. The van der Waals surface area contributed by atoms with Crippen LogP contribution >= 0.6 is 0 Å². The van der Waals surface area contributed by atoms with E-state index in [1.54, 1.807) is 11.0 Å². The Balaban J connectivity index is 1.74. The number of carbonyl (C=O) groups is 1. The standard InChI is InChI=1S/C19H21N5O3/c1-11-10-14(17-12(2)23-26-13(17)3)22-18(21-11)15-6-4-5-9-24(15)19(25)16-7-8-20-27-16/h7-8,10,15H,4-6,9H2,1-3H3. The summed E-state index contributed by atoms with van der Waals surface area (Å²) in [6.45, 7) is 6.33. The van der Waals surface area contributed by atoms with Gasteiger partial charge in [-0.1, -0.05) is 10.3 Å². The lowest BCUT2D eigenvalue weighted by atomic mass is 10.00. The number of hydrogen-bond donors (Lipinski definition) is 0. The molecule has 27 heavy (non-hydrogen) atoms. The number of aryl methyl sites for hydroxylation is 3. The smallest absolute Gasteiger partial charge is 0.293 e. The molecule has 1 amide bonds. The Morgan fingerprint density at radius 2 is 2.04 bits per heavy atom. The van der Waals surface area contributed by atoms with Gasteiger partial charge >= 0.3 is 0 Å². The molecule has 1 saturated heterocycles. The van der Waals surface area contributed by atoms with Crippen molar-refractivity contribution in [3.8, 4) is 11.3 Å². The van der Waals surface area contributed by atoms with Crippen LogP contribution in [-0.4, -0.2) is 37.6 Å². The van der Waals surface area contributed by atoms with Gasteiger partial charge in [-0.15, -0.1) is 0 Å². The van der Waals surface area contributed by atoms with Crippen LogP contribution < -0.4 is 0 Å². The highest BCUT2D eigenvalue weighted by Crippen LogP contribution is 2.33. The highest BCUT2D eigenvalue weighted by molar-refractivity contribution is 5.91. The van der Waals surface area contributed by atoms with Crippen LogP contribution in [0.3, 0.4) is 0 Å². The van der Waals surface area contributed by atoms with Gasteiger partial charge in [-0.05, 0) is 46.1 Å². The zero-order valence-corrected chi connectivity index (χ0v) is 15.6. The van der Waals surface area contributed by atoms with Crippen molar-refractivity contribution < 1.29 is 13.8 Å². The van der Waals surface area contributed by atoms with E-state index in [4.69, 9.17) is 14.0 Å². The number of aromatic nitrogens is 4. The van der Waals surface area contributed by atoms with Crippen molar-refractivity contribution in [2.75, 3.05) is 6.54 Å². The van der Waals surface area contributed by atoms with Crippen LogP contribution in [-0.2, 0) is 0 Å². The summed E-state index contributed by atoms with van der Waals surface area (Å²) in [5.74, 6) is 1.41. The third-order valence-electron chi connectivity index (χ3n) is 4.87. The van der Waals surface area contributed by atoms with Crippen LogP contribution in [0.25, 0.3) is 11.3 Å². The fraction of sp³-hybridized carbons (Fsp3) is 0.421. The van der Waals surface area contributed by atoms with Crippen LogP contribution in [0, 0.1) is 20.8 Å². The maximum absolute atomic E-state index is 12.9. The number of piperidine rings is 1. The van der Waals surface area contributed by atoms with E-state index >= 15 is 0 Å². The molecule has 1 aliphatic rings. The maximum Gasteiger partial charge on any atom is 0.293 e. The topological polar surface area (TPSA) is 98.2 Å². The fourth-order valence-corrected chi connectivity index (χ4v) is 3.63. The van der Waals surface area contributed by atoms with Crippen molar-refractivity contribution in [1.82, 2.24) is 25.2 Å². The van der Waals surface area contributed by atoms with Gasteiger partial charge in [0.1, 0.15) is 5.76 Å². The second-order valence-corrected chi connectivity index (χ2v) is 6.84. The van der Waals surface area contributed by atoms with Crippen LogP contribution in [0.1, 0.15) is 58.8 Å². The Morgan fingerprint density at radius 1 is 1.19 bits per heavy atom. The molecule has 1 atom stereocenters. The van der Waals surface area contributed by atoms with Gasteiger partial charge in [-0.25, -0.2) is 9.97 Å². The lowest BCUT2D eigenvalue weighted by molar-refractivity contribution is 0.0557. The number of nitrogens with zero attached hydrogens (tertiary/aromatic N) is 5. The Labute approximate surface area is 156 Å². The van der Waals surface area contributed by atoms with Gasteiger partial charge in [-0.2, -0.15) is 0 Å². The molecule has 0 aromatic carbocycles. The third-order valence-corrected chi connectivity index (χ3v) is 4.87. The summed E-state index contributed by atoms with van der Waals surface area (Å²) in [6, 6.07) is 3.30. The van der Waals surface area contributed by atoms with E-state index in [2.05, 4.69) is 15.3 Å². The summed E-state index contributed by atoms with van der Waals surface area (Å²) in [5.41, 5.74) is 3.28. The molecule has 0 spiro atoms. The van der Waals surface area contributed by atoms with Gasteiger partial charge in [0.2, 0.25) is 5.76 Å². The summed E-state index contributed by atoms with van der Waals surface area (Å²) < 4.78 is 10.4. The largest absolute Gasteiger partial charge is 0.361 e. The fourth-order valence-electron chi connectivity index (χ4n) is 3.63. The molecule has 0 saturated carbocycles. The minimum atomic E-state index is -0.199. The minimum absolute atomic E-state index is 0.179. The minimum Gasteiger partial charge on any atom is -0.361 e. The van der Waals surface area contributed by atoms with Gasteiger partial charge in [0, 0.05) is 18.3 Å². The zero-order valence-electron chi connectivity index (χ0n) is 15.6. The van der Waals surface area contributed by atoms with Crippen molar-refractivity contribution in [1.29, 1.82) is 0 Å². The molecule has 3 aromatic rings. The second-order valence-electron chi connectivity index (χ2n) is 6.84. The molecule has 8 nitrogen and oxygen atoms in total. The summed E-state index contributed by atoms with van der Waals surface area (Å²) in [7, 11) is 0. The lowest BCUT2D eigenvalue weighted by Gasteiger charge is -2.34. The molecular formula is C19H21N5O3. The van der Waals surface area contributed by atoms with E-state index in [1.165, 1.54) is 6.20 Å². The van der Waals surface area contributed by atoms with Crippen molar-refractivity contribution >= 4 is 5.91 Å². The normalized spacial score (nSPS) is 17.3. The Hall–Kier alpha value is -3.03. The molecular weight excluding hydrogens is 346 g/mol. The quantitative estimate of drug-likeness (QED) is 0.699. The Morgan fingerprint density at radius 3 is 2.74 bits per heavy atom. The van der Waals surface area contributed by atoms with Crippen molar-refractivity contribution in [3.63, 3.8) is 0 Å². The van der Waals surface area contributed by atoms with E-state index in [0.717, 1.165) is 47.7 Å². The molecule has 0 aliphatic carbocycles. The first-order valence-electron chi connectivity index (χ1n) is 9.05. The maximum atomic E-state index is 12.9. The number of carbonyl (C=O) groups excluding carboxylic acids is 1. The van der Waals surface area contributed by atoms with E-state index in [-0.39, 0.29) is 17.7 Å². The monoisotopic (exact) mass is 367 g/mol. The van der Waals surface area contributed by atoms with Gasteiger partial charge in [0.05, 0.1) is 29.2 Å². The van der Waals surface area contributed by atoms with Gasteiger partial charge in [0.15, 0.2) is 5.82 Å². The van der Waals surface area contributed by atoms with Gasteiger partial charge in [-0.3, -0.25) is 4.79 Å². The summed E-state index contributed by atoms with van der Waals surface area (Å²) >= 11 is 0. The van der Waals surface area contributed by atoms with E-state index in [9.17, 15) is 4.79 Å². The molecule has 1 aliphatic heterocycles. The number of amides is 1. The molecule has 0 N–H and O–H groups in total. The zero-order chi connectivity index (χ0) is 19.0. The summed E-state index contributed by atoms with van der Waals surface area (Å²) in [4.78, 5) is 24.1. The SMILES string of the molecule is Cc1cc(-c2c(C)noc2C)nc(C2CCCCN2C(=O)c2ccno2)n1. The Kier molecular flexibility index (Phi) is 4.47. The molecule has 8 heteroatoms. The van der Waals surface area contributed by atoms with Gasteiger partial charge in [0.25, 0.3) is 5.91 Å². The first-order chi connectivity index (χ1) is 13.0. The molecule has 0 bridgehead atoms. The lowest BCUT2D eigenvalue weighted by Crippen LogP contribution is -2.39. The molecule has 3 aromatic heterocycles. The molecule has 140 valence electrons. The van der Waals surface area contributed by atoms with Crippen molar-refractivity contribution in [2.24, 2.45) is 0 Å². The molecule has 4 rings (SSSR count). The Bertz CT molecular complexity index is 944. The van der Waals surface area contributed by atoms with Crippen molar-refractivity contribution in [3.05, 3.63) is 47.1 Å². The summed E-state index contributed by atoms with van der Waals surface area (Å²) in [5, 5.41) is 7.67. The third kappa shape index (κ3) is 3.22. The van der Waals surface area contributed by atoms with E-state index in [1.807, 2.05) is 26.8 Å². The molecule has 1 fully saturated rings. The highest BCUT2D eigenvalue weighted by atomic mass is 16.5. The van der Waals surface area contributed by atoms with Gasteiger partial charge < -0.3 is 13.9 Å². The predicted molar refractivity (Wildman–Crippen MR) is 95.9 cm³/mol. The van der Waals surface area contributed by atoms with Crippen LogP contribution in [0.2, 0.25) is 0 Å². The van der Waals surface area contributed by atoms with E-state index in [0.29, 0.717) is 12.4 Å². The van der Waals surface area contributed by atoms with Crippen LogP contribution in [0.15, 0.2) is 27.4 Å². The molecule has 4 heterocycles. The number of likely N-dealkylation sites (tertiary alicyclic amines) is 1. The first kappa shape index (κ1) is 17.4. The van der Waals surface area contributed by atoms with Crippen molar-refractivity contribution in [2.45, 2.75) is 46.1 Å². The second kappa shape index (κ2) is 6.94. The number of rotatable bonds is 3. The highest BCUT2D eigenvalue weighted by Gasteiger charge is 2.32. The van der Waals surface area contributed by atoms with Crippen LogP contribution in [0.4, 0.5) is 0 Å². The van der Waals surface area contributed by atoms with E-state index < -0.39 is 0 Å². The summed E-state index contributed by atoms with van der Waals surface area (Å²) in [6.07, 6.45) is 4.25. The van der Waals surface area contributed by atoms with Crippen LogP contribution in [0.5, 0.6) is 0 Å². The average molecular weight is 367 g/mol.